The lowest BCUT2D eigenvalue weighted by atomic mass is 9.94. The molecule has 11 aromatic rings. The first-order valence-corrected chi connectivity index (χ1v) is 18.5. The summed E-state index contributed by atoms with van der Waals surface area (Å²) in [5.41, 5.74) is 8.80. The van der Waals surface area contributed by atoms with Crippen LogP contribution in [0.2, 0.25) is 0 Å². The van der Waals surface area contributed by atoms with Crippen LogP contribution in [0.3, 0.4) is 0 Å². The van der Waals surface area contributed by atoms with E-state index >= 15 is 0 Å². The lowest BCUT2D eigenvalue weighted by Crippen LogP contribution is -2.00. The summed E-state index contributed by atoms with van der Waals surface area (Å²) >= 11 is 0. The van der Waals surface area contributed by atoms with E-state index in [2.05, 4.69) is 158 Å². The molecule has 0 saturated heterocycles. The van der Waals surface area contributed by atoms with Gasteiger partial charge in [-0.05, 0) is 79.3 Å². The average molecular weight is 702 g/mol. The van der Waals surface area contributed by atoms with Gasteiger partial charge in [0, 0.05) is 33.0 Å². The van der Waals surface area contributed by atoms with Crippen molar-refractivity contribution in [1.82, 2.24) is 15.0 Å². The van der Waals surface area contributed by atoms with Gasteiger partial charge in [0.15, 0.2) is 17.5 Å². The highest BCUT2D eigenvalue weighted by molar-refractivity contribution is 6.19. The van der Waals surface area contributed by atoms with E-state index in [0.717, 1.165) is 66.1 Å². The second-order valence-electron chi connectivity index (χ2n) is 14.0. The zero-order valence-electron chi connectivity index (χ0n) is 29.6. The SMILES string of the molecule is c1ccc(-c2nc(-c3ccc(-c4ccc5ccccc5c4)cc3)nc(-c3ccc(-c4cccc5ccccc45)c4oc5cc6ccccc6cc5c34)n2)cc1. The van der Waals surface area contributed by atoms with Crippen molar-refractivity contribution in [3.63, 3.8) is 0 Å². The summed E-state index contributed by atoms with van der Waals surface area (Å²) in [5, 5.41) is 9.08. The van der Waals surface area contributed by atoms with Crippen LogP contribution in [0.15, 0.2) is 192 Å². The molecule has 55 heavy (non-hydrogen) atoms. The molecule has 4 heteroatoms. The molecule has 0 N–H and O–H groups in total. The van der Waals surface area contributed by atoms with Crippen LogP contribution in [0.5, 0.6) is 0 Å². The molecule has 256 valence electrons. The molecule has 4 nitrogen and oxygen atoms in total. The molecule has 0 aliphatic heterocycles. The van der Waals surface area contributed by atoms with E-state index < -0.39 is 0 Å². The predicted molar refractivity (Wildman–Crippen MR) is 227 cm³/mol. The number of rotatable bonds is 5. The molecule has 0 bridgehead atoms. The molecule has 0 unspecified atom stereocenters. The fraction of sp³-hybridized carbons (Fsp3) is 0. The Kier molecular flexibility index (Phi) is 7.14. The number of fused-ring (bicyclic) bond motifs is 6. The van der Waals surface area contributed by atoms with Crippen molar-refractivity contribution >= 4 is 54.3 Å². The first kappa shape index (κ1) is 31.1. The predicted octanol–water partition coefficient (Wildman–Crippen LogP) is 13.6. The summed E-state index contributed by atoms with van der Waals surface area (Å²) in [5.74, 6) is 1.81. The Morgan fingerprint density at radius 2 is 0.873 bits per heavy atom. The van der Waals surface area contributed by atoms with E-state index in [1.165, 1.54) is 27.1 Å². The second kappa shape index (κ2) is 12.6. The summed E-state index contributed by atoms with van der Waals surface area (Å²) in [6.45, 7) is 0. The van der Waals surface area contributed by atoms with Crippen LogP contribution in [0.25, 0.3) is 111 Å². The van der Waals surface area contributed by atoms with Gasteiger partial charge in [0.25, 0.3) is 0 Å². The highest BCUT2D eigenvalue weighted by Gasteiger charge is 2.22. The molecule has 0 aliphatic carbocycles. The summed E-state index contributed by atoms with van der Waals surface area (Å²) in [4.78, 5) is 15.5. The Hall–Kier alpha value is -7.43. The largest absolute Gasteiger partial charge is 0.455 e. The smallest absolute Gasteiger partial charge is 0.164 e. The lowest BCUT2D eigenvalue weighted by Gasteiger charge is -2.12. The Bertz CT molecular complexity index is 3250. The van der Waals surface area contributed by atoms with E-state index in [1.54, 1.807) is 0 Å². The van der Waals surface area contributed by atoms with Gasteiger partial charge in [-0.25, -0.2) is 15.0 Å². The maximum absolute atomic E-state index is 6.90. The third-order valence-corrected chi connectivity index (χ3v) is 10.7. The van der Waals surface area contributed by atoms with Gasteiger partial charge in [0.05, 0.1) is 0 Å². The van der Waals surface area contributed by atoms with Crippen molar-refractivity contribution in [2.75, 3.05) is 0 Å². The Labute approximate surface area is 317 Å². The van der Waals surface area contributed by atoms with E-state index in [9.17, 15) is 0 Å². The number of nitrogens with zero attached hydrogens (tertiary/aromatic N) is 3. The number of hydrogen-bond acceptors (Lipinski definition) is 4. The second-order valence-corrected chi connectivity index (χ2v) is 14.0. The summed E-state index contributed by atoms with van der Waals surface area (Å²) < 4.78 is 6.90. The number of furan rings is 1. The van der Waals surface area contributed by atoms with Crippen molar-refractivity contribution in [2.45, 2.75) is 0 Å². The van der Waals surface area contributed by atoms with Gasteiger partial charge in [0.2, 0.25) is 0 Å². The van der Waals surface area contributed by atoms with Gasteiger partial charge < -0.3 is 4.42 Å². The molecule has 0 atom stereocenters. The molecule has 9 aromatic carbocycles. The minimum absolute atomic E-state index is 0.591. The normalized spacial score (nSPS) is 11.6. The first-order chi connectivity index (χ1) is 27.2. The number of hydrogen-bond donors (Lipinski definition) is 0. The fourth-order valence-electron chi connectivity index (χ4n) is 7.95. The van der Waals surface area contributed by atoms with Gasteiger partial charge in [-0.2, -0.15) is 0 Å². The Morgan fingerprint density at radius 1 is 0.309 bits per heavy atom. The van der Waals surface area contributed by atoms with Crippen molar-refractivity contribution in [3.05, 3.63) is 188 Å². The molecular formula is C51H31N3O. The summed E-state index contributed by atoms with van der Waals surface area (Å²) in [7, 11) is 0. The molecule has 0 spiro atoms. The Morgan fingerprint density at radius 3 is 1.65 bits per heavy atom. The van der Waals surface area contributed by atoms with Crippen LogP contribution >= 0.6 is 0 Å². The minimum atomic E-state index is 0.591. The zero-order valence-corrected chi connectivity index (χ0v) is 29.6. The first-order valence-electron chi connectivity index (χ1n) is 18.5. The van der Waals surface area contributed by atoms with Gasteiger partial charge in [0.1, 0.15) is 11.2 Å². The molecule has 0 amide bonds. The molecule has 0 fully saturated rings. The standard InChI is InChI=1S/C51H31N3O/c1-2-13-35(14-3-1)49-52-50(36-24-21-33(22-25-36)40-26-23-32-11-4-5-15-37(32)29-40)54-51(53-49)44-28-27-43(42-20-10-18-34-12-8-9-19-41(34)42)48-47(44)45-30-38-16-6-7-17-39(38)31-46(45)55-48/h1-31H. The molecule has 11 rings (SSSR count). The van der Waals surface area contributed by atoms with Crippen LogP contribution < -0.4 is 0 Å². The quantitative estimate of drug-likeness (QED) is 0.179. The van der Waals surface area contributed by atoms with Gasteiger partial charge >= 0.3 is 0 Å². The number of benzene rings is 9. The monoisotopic (exact) mass is 701 g/mol. The van der Waals surface area contributed by atoms with Crippen molar-refractivity contribution in [2.24, 2.45) is 0 Å². The lowest BCUT2D eigenvalue weighted by molar-refractivity contribution is 0.670. The van der Waals surface area contributed by atoms with Crippen molar-refractivity contribution in [3.8, 4) is 56.4 Å². The van der Waals surface area contributed by atoms with E-state index in [0.29, 0.717) is 17.5 Å². The van der Waals surface area contributed by atoms with E-state index in [1.807, 2.05) is 30.3 Å². The van der Waals surface area contributed by atoms with Gasteiger partial charge in [-0.1, -0.05) is 158 Å². The topological polar surface area (TPSA) is 51.8 Å². The summed E-state index contributed by atoms with van der Waals surface area (Å²) in [6, 6.07) is 65.8. The van der Waals surface area contributed by atoms with Crippen LogP contribution in [0.4, 0.5) is 0 Å². The zero-order chi connectivity index (χ0) is 36.3. The fourth-order valence-corrected chi connectivity index (χ4v) is 7.95. The summed E-state index contributed by atoms with van der Waals surface area (Å²) in [6.07, 6.45) is 0. The molecular weight excluding hydrogens is 671 g/mol. The minimum Gasteiger partial charge on any atom is -0.455 e. The van der Waals surface area contributed by atoms with Gasteiger partial charge in [-0.15, -0.1) is 0 Å². The highest BCUT2D eigenvalue weighted by atomic mass is 16.3. The van der Waals surface area contributed by atoms with E-state index in [4.69, 9.17) is 19.4 Å². The molecule has 0 radical (unpaired) electrons. The highest BCUT2D eigenvalue weighted by Crippen LogP contribution is 2.44. The van der Waals surface area contributed by atoms with E-state index in [-0.39, 0.29) is 0 Å². The third kappa shape index (κ3) is 5.34. The molecule has 2 aromatic heterocycles. The van der Waals surface area contributed by atoms with Gasteiger partial charge in [-0.3, -0.25) is 0 Å². The molecule has 0 saturated carbocycles. The van der Waals surface area contributed by atoms with Crippen LogP contribution in [-0.2, 0) is 0 Å². The van der Waals surface area contributed by atoms with Crippen molar-refractivity contribution in [1.29, 1.82) is 0 Å². The van der Waals surface area contributed by atoms with Crippen LogP contribution in [-0.4, -0.2) is 15.0 Å². The Balaban J connectivity index is 1.13. The van der Waals surface area contributed by atoms with Crippen LogP contribution in [0, 0.1) is 0 Å². The average Bonchev–Trinajstić information content (AvgIpc) is 3.63. The maximum Gasteiger partial charge on any atom is 0.164 e. The van der Waals surface area contributed by atoms with Crippen LogP contribution in [0.1, 0.15) is 0 Å². The third-order valence-electron chi connectivity index (χ3n) is 10.7. The number of aromatic nitrogens is 3. The molecule has 0 aliphatic rings. The molecule has 2 heterocycles. The van der Waals surface area contributed by atoms with Crippen molar-refractivity contribution < 1.29 is 4.42 Å². The maximum atomic E-state index is 6.90.